The molecule has 136 valence electrons. The lowest BCUT2D eigenvalue weighted by molar-refractivity contribution is 0.0996. The zero-order valence-corrected chi connectivity index (χ0v) is 16.7. The third kappa shape index (κ3) is 4.06. The van der Waals surface area contributed by atoms with Gasteiger partial charge in [-0.15, -0.1) is 0 Å². The molecule has 3 aromatic rings. The SMILES string of the molecule is CCOCCn1c(=NC(=O)c2ccc(C)c(C)c2)sc2cc(Cl)ccc21. The van der Waals surface area contributed by atoms with Crippen molar-refractivity contribution in [3.05, 3.63) is 62.9 Å². The van der Waals surface area contributed by atoms with E-state index in [1.807, 2.05) is 61.7 Å². The summed E-state index contributed by atoms with van der Waals surface area (Å²) in [6, 6.07) is 11.4. The Morgan fingerprint density at radius 1 is 1.19 bits per heavy atom. The number of halogens is 1. The van der Waals surface area contributed by atoms with Gasteiger partial charge in [0.05, 0.1) is 16.8 Å². The van der Waals surface area contributed by atoms with Crippen LogP contribution in [0.4, 0.5) is 0 Å². The van der Waals surface area contributed by atoms with Crippen LogP contribution < -0.4 is 4.80 Å². The first kappa shape index (κ1) is 18.8. The Bertz CT molecular complexity index is 1020. The van der Waals surface area contributed by atoms with E-state index in [0.29, 0.717) is 35.1 Å². The maximum absolute atomic E-state index is 12.7. The van der Waals surface area contributed by atoms with Gasteiger partial charge < -0.3 is 9.30 Å². The van der Waals surface area contributed by atoms with Crippen molar-refractivity contribution < 1.29 is 9.53 Å². The molecular formula is C20H21ClN2O2S. The van der Waals surface area contributed by atoms with Crippen LogP contribution in [0.3, 0.4) is 0 Å². The van der Waals surface area contributed by atoms with Gasteiger partial charge in [-0.25, -0.2) is 0 Å². The molecule has 1 heterocycles. The monoisotopic (exact) mass is 388 g/mol. The van der Waals surface area contributed by atoms with Crippen LogP contribution in [-0.2, 0) is 11.3 Å². The lowest BCUT2D eigenvalue weighted by Crippen LogP contribution is -2.19. The maximum Gasteiger partial charge on any atom is 0.279 e. The van der Waals surface area contributed by atoms with Crippen LogP contribution in [0.15, 0.2) is 41.4 Å². The Balaban J connectivity index is 2.06. The first-order valence-electron chi connectivity index (χ1n) is 8.52. The van der Waals surface area contributed by atoms with Crippen molar-refractivity contribution in [3.63, 3.8) is 0 Å². The standard InChI is InChI=1S/C20H21ClN2O2S/c1-4-25-10-9-23-17-8-7-16(21)12-18(17)26-20(23)22-19(24)15-6-5-13(2)14(3)11-15/h5-8,11-12H,4,9-10H2,1-3H3. The van der Waals surface area contributed by atoms with Crippen molar-refractivity contribution in [2.75, 3.05) is 13.2 Å². The number of nitrogens with zero attached hydrogens (tertiary/aromatic N) is 2. The van der Waals surface area contributed by atoms with Gasteiger partial charge in [0.25, 0.3) is 5.91 Å². The van der Waals surface area contributed by atoms with Crippen LogP contribution in [0.1, 0.15) is 28.4 Å². The predicted octanol–water partition coefficient (Wildman–Crippen LogP) is 4.75. The molecule has 0 aliphatic rings. The van der Waals surface area contributed by atoms with Crippen LogP contribution in [0.25, 0.3) is 10.2 Å². The number of amides is 1. The summed E-state index contributed by atoms with van der Waals surface area (Å²) in [5.41, 5.74) is 3.84. The van der Waals surface area contributed by atoms with E-state index in [0.717, 1.165) is 21.3 Å². The van der Waals surface area contributed by atoms with E-state index in [4.69, 9.17) is 16.3 Å². The Labute approximate surface area is 161 Å². The summed E-state index contributed by atoms with van der Waals surface area (Å²) < 4.78 is 8.50. The highest BCUT2D eigenvalue weighted by atomic mass is 35.5. The number of ether oxygens (including phenoxy) is 1. The molecule has 0 radical (unpaired) electrons. The van der Waals surface area contributed by atoms with Gasteiger partial charge in [0.15, 0.2) is 4.80 Å². The maximum atomic E-state index is 12.7. The number of hydrogen-bond acceptors (Lipinski definition) is 3. The summed E-state index contributed by atoms with van der Waals surface area (Å²) in [6.07, 6.45) is 0. The number of fused-ring (bicyclic) bond motifs is 1. The van der Waals surface area contributed by atoms with Crippen molar-refractivity contribution in [1.29, 1.82) is 0 Å². The highest BCUT2D eigenvalue weighted by molar-refractivity contribution is 7.16. The number of benzene rings is 2. The molecule has 3 rings (SSSR count). The second kappa shape index (κ2) is 8.16. The zero-order chi connectivity index (χ0) is 18.7. The van der Waals surface area contributed by atoms with E-state index in [1.165, 1.54) is 11.3 Å². The van der Waals surface area contributed by atoms with Crippen LogP contribution in [0, 0.1) is 13.8 Å². The van der Waals surface area contributed by atoms with E-state index in [9.17, 15) is 4.79 Å². The van der Waals surface area contributed by atoms with Crippen molar-refractivity contribution in [1.82, 2.24) is 4.57 Å². The molecule has 1 aromatic heterocycles. The molecule has 1 amide bonds. The molecule has 0 bridgehead atoms. The Hall–Kier alpha value is -1.95. The van der Waals surface area contributed by atoms with Gasteiger partial charge in [0.1, 0.15) is 0 Å². The summed E-state index contributed by atoms with van der Waals surface area (Å²) >= 11 is 7.58. The van der Waals surface area contributed by atoms with Crippen LogP contribution in [0.2, 0.25) is 5.02 Å². The first-order valence-corrected chi connectivity index (χ1v) is 9.72. The van der Waals surface area contributed by atoms with Crippen LogP contribution in [0.5, 0.6) is 0 Å². The van der Waals surface area contributed by atoms with E-state index >= 15 is 0 Å². The minimum atomic E-state index is -0.240. The molecule has 0 saturated carbocycles. The van der Waals surface area contributed by atoms with Crippen LogP contribution >= 0.6 is 22.9 Å². The molecule has 0 fully saturated rings. The molecule has 0 unspecified atom stereocenters. The Morgan fingerprint density at radius 3 is 2.73 bits per heavy atom. The van der Waals surface area contributed by atoms with Gasteiger partial charge in [0, 0.05) is 23.7 Å². The number of rotatable bonds is 5. The van der Waals surface area contributed by atoms with E-state index in [-0.39, 0.29) is 5.91 Å². The third-order valence-electron chi connectivity index (χ3n) is 4.26. The highest BCUT2D eigenvalue weighted by Crippen LogP contribution is 2.22. The molecule has 6 heteroatoms. The molecule has 0 spiro atoms. The average Bonchev–Trinajstić information content (AvgIpc) is 2.94. The fourth-order valence-corrected chi connectivity index (χ4v) is 4.01. The van der Waals surface area contributed by atoms with Crippen molar-refractivity contribution in [3.8, 4) is 0 Å². The van der Waals surface area contributed by atoms with Gasteiger partial charge in [0.2, 0.25) is 0 Å². The van der Waals surface area contributed by atoms with Crippen molar-refractivity contribution >= 4 is 39.1 Å². The average molecular weight is 389 g/mol. The van der Waals surface area contributed by atoms with Gasteiger partial charge >= 0.3 is 0 Å². The summed E-state index contributed by atoms with van der Waals surface area (Å²) in [5, 5.41) is 0.669. The largest absolute Gasteiger partial charge is 0.380 e. The molecule has 4 nitrogen and oxygen atoms in total. The first-order chi connectivity index (χ1) is 12.5. The number of thiazole rings is 1. The fourth-order valence-electron chi connectivity index (χ4n) is 2.67. The molecule has 0 aliphatic carbocycles. The molecule has 26 heavy (non-hydrogen) atoms. The minimum absolute atomic E-state index is 0.240. The number of hydrogen-bond donors (Lipinski definition) is 0. The number of aromatic nitrogens is 1. The lowest BCUT2D eigenvalue weighted by Gasteiger charge is -2.06. The smallest absolute Gasteiger partial charge is 0.279 e. The zero-order valence-electron chi connectivity index (χ0n) is 15.1. The Kier molecular flexibility index (Phi) is 5.91. The molecule has 0 aliphatic heterocycles. The van der Waals surface area contributed by atoms with E-state index < -0.39 is 0 Å². The molecule has 0 saturated heterocycles. The van der Waals surface area contributed by atoms with Crippen molar-refractivity contribution in [2.24, 2.45) is 4.99 Å². The third-order valence-corrected chi connectivity index (χ3v) is 5.54. The van der Waals surface area contributed by atoms with Crippen molar-refractivity contribution in [2.45, 2.75) is 27.3 Å². The molecular weight excluding hydrogens is 368 g/mol. The number of carbonyl (C=O) groups excluding carboxylic acids is 1. The van der Waals surface area contributed by atoms with Crippen LogP contribution in [-0.4, -0.2) is 23.7 Å². The fraction of sp³-hybridized carbons (Fsp3) is 0.300. The molecule has 2 aromatic carbocycles. The molecule has 0 atom stereocenters. The normalized spacial score (nSPS) is 12.1. The number of carbonyl (C=O) groups is 1. The van der Waals surface area contributed by atoms with E-state index in [2.05, 4.69) is 4.99 Å². The van der Waals surface area contributed by atoms with E-state index in [1.54, 1.807) is 0 Å². The summed E-state index contributed by atoms with van der Waals surface area (Å²) in [5.74, 6) is -0.240. The van der Waals surface area contributed by atoms with Gasteiger partial charge in [-0.05, 0) is 62.2 Å². The highest BCUT2D eigenvalue weighted by Gasteiger charge is 2.10. The summed E-state index contributed by atoms with van der Waals surface area (Å²) in [7, 11) is 0. The van der Waals surface area contributed by atoms with Gasteiger partial charge in [-0.1, -0.05) is 29.0 Å². The Morgan fingerprint density at radius 2 is 2.00 bits per heavy atom. The summed E-state index contributed by atoms with van der Waals surface area (Å²) in [4.78, 5) is 17.7. The molecule has 0 N–H and O–H groups in total. The number of aryl methyl sites for hydroxylation is 2. The van der Waals surface area contributed by atoms with Gasteiger partial charge in [-0.3, -0.25) is 4.79 Å². The second-order valence-corrected chi connectivity index (χ2v) is 7.51. The quantitative estimate of drug-likeness (QED) is 0.592. The predicted molar refractivity (Wildman–Crippen MR) is 107 cm³/mol. The van der Waals surface area contributed by atoms with Gasteiger partial charge in [-0.2, -0.15) is 4.99 Å². The second-order valence-electron chi connectivity index (χ2n) is 6.06. The lowest BCUT2D eigenvalue weighted by atomic mass is 10.1. The summed E-state index contributed by atoms with van der Waals surface area (Å²) in [6.45, 7) is 7.84. The topological polar surface area (TPSA) is 43.6 Å². The minimum Gasteiger partial charge on any atom is -0.380 e.